The van der Waals surface area contributed by atoms with E-state index in [9.17, 15) is 4.79 Å². The van der Waals surface area contributed by atoms with E-state index in [0.717, 1.165) is 0 Å². The van der Waals surface area contributed by atoms with E-state index in [-0.39, 0.29) is 0 Å². The molecular weight excluding hydrogens is 134 g/mol. The van der Waals surface area contributed by atoms with E-state index in [4.69, 9.17) is 5.84 Å². The lowest BCUT2D eigenvalue weighted by atomic mass is 10.6. The molecule has 0 heterocycles. The van der Waals surface area contributed by atoms with Gasteiger partial charge in [-0.3, -0.25) is 11.3 Å². The summed E-state index contributed by atoms with van der Waals surface area (Å²) in [6, 6.07) is 0. The van der Waals surface area contributed by atoms with Gasteiger partial charge >= 0.3 is 6.09 Å². The van der Waals surface area contributed by atoms with Gasteiger partial charge in [0, 0.05) is 13.1 Å². The third-order valence-corrected chi connectivity index (χ3v) is 0.814. The van der Waals surface area contributed by atoms with Crippen LogP contribution < -0.4 is 16.6 Å². The number of nitrogens with one attached hydrogen (secondary N) is 2. The average molecular weight is 147 g/mol. The molecule has 0 aliphatic carbocycles. The van der Waals surface area contributed by atoms with Crippen molar-refractivity contribution < 1.29 is 9.53 Å². The molecule has 4 N–H and O–H groups in total. The highest BCUT2D eigenvalue weighted by molar-refractivity contribution is 5.66. The second kappa shape index (κ2) is 6.31. The number of nitrogens with two attached hydrogens (primary N) is 1. The van der Waals surface area contributed by atoms with E-state index in [0.29, 0.717) is 19.7 Å². The smallest absolute Gasteiger partial charge is 0.407 e. The normalized spacial score (nSPS) is 9.00. The summed E-state index contributed by atoms with van der Waals surface area (Å²) >= 11 is 0. The van der Waals surface area contributed by atoms with E-state index >= 15 is 0 Å². The number of hydrogen-bond donors (Lipinski definition) is 3. The molecule has 0 aromatic heterocycles. The van der Waals surface area contributed by atoms with Gasteiger partial charge in [-0.2, -0.15) is 0 Å². The summed E-state index contributed by atoms with van der Waals surface area (Å²) < 4.78 is 4.57. The summed E-state index contributed by atoms with van der Waals surface area (Å²) in [7, 11) is 0. The number of ether oxygens (including phenoxy) is 1. The first-order valence-corrected chi connectivity index (χ1v) is 3.15. The molecule has 0 unspecified atom stereocenters. The maximum Gasteiger partial charge on any atom is 0.407 e. The maximum absolute atomic E-state index is 10.5. The summed E-state index contributed by atoms with van der Waals surface area (Å²) in [5.74, 6) is 4.95. The van der Waals surface area contributed by atoms with Gasteiger partial charge in [0.25, 0.3) is 0 Å². The molecule has 0 rings (SSSR count). The predicted octanol–water partition coefficient (Wildman–Crippen LogP) is -0.804. The zero-order valence-corrected chi connectivity index (χ0v) is 6.02. The van der Waals surface area contributed by atoms with Crippen LogP contribution in [0.3, 0.4) is 0 Å². The van der Waals surface area contributed by atoms with Crippen LogP contribution in [0.15, 0.2) is 0 Å². The number of carbonyl (C=O) groups is 1. The Labute approximate surface area is 59.9 Å². The fourth-order valence-electron chi connectivity index (χ4n) is 0.419. The van der Waals surface area contributed by atoms with Crippen molar-refractivity contribution in [3.05, 3.63) is 0 Å². The Morgan fingerprint density at radius 1 is 1.60 bits per heavy atom. The fourth-order valence-corrected chi connectivity index (χ4v) is 0.419. The van der Waals surface area contributed by atoms with E-state index in [1.165, 1.54) is 0 Å². The van der Waals surface area contributed by atoms with E-state index < -0.39 is 6.09 Å². The largest absolute Gasteiger partial charge is 0.450 e. The van der Waals surface area contributed by atoms with Crippen molar-refractivity contribution in [1.82, 2.24) is 10.7 Å². The van der Waals surface area contributed by atoms with Gasteiger partial charge < -0.3 is 10.1 Å². The standard InChI is InChI=1S/C5H13N3O2/c1-2-10-5(9)7-3-4-8-6/h8H,2-4,6H2,1H3,(H,7,9). The molecule has 0 fully saturated rings. The van der Waals surface area contributed by atoms with Gasteiger partial charge in [-0.05, 0) is 6.92 Å². The minimum atomic E-state index is -0.405. The fraction of sp³-hybridized carbons (Fsp3) is 0.800. The van der Waals surface area contributed by atoms with Crippen LogP contribution in [0.5, 0.6) is 0 Å². The molecule has 5 heteroatoms. The number of hydrazine groups is 1. The minimum absolute atomic E-state index is 0.391. The summed E-state index contributed by atoms with van der Waals surface area (Å²) in [6.45, 7) is 3.16. The van der Waals surface area contributed by atoms with E-state index in [1.807, 2.05) is 0 Å². The first kappa shape index (κ1) is 9.19. The zero-order valence-electron chi connectivity index (χ0n) is 6.02. The Balaban J connectivity index is 3.05. The molecule has 1 amide bonds. The van der Waals surface area contributed by atoms with Crippen LogP contribution in [-0.2, 0) is 4.74 Å². The number of rotatable bonds is 4. The monoisotopic (exact) mass is 147 g/mol. The average Bonchev–Trinajstić information content (AvgIpc) is 1.89. The van der Waals surface area contributed by atoms with Crippen LogP contribution in [0, 0.1) is 0 Å². The van der Waals surface area contributed by atoms with E-state index in [1.54, 1.807) is 6.92 Å². The molecule has 0 bridgehead atoms. The van der Waals surface area contributed by atoms with Gasteiger partial charge in [-0.25, -0.2) is 4.79 Å². The van der Waals surface area contributed by atoms with Crippen LogP contribution in [0.1, 0.15) is 6.92 Å². The van der Waals surface area contributed by atoms with Crippen LogP contribution in [0.4, 0.5) is 4.79 Å². The van der Waals surface area contributed by atoms with Crippen LogP contribution in [-0.4, -0.2) is 25.8 Å². The molecule has 60 valence electrons. The summed E-state index contributed by atoms with van der Waals surface area (Å²) in [5, 5.41) is 2.48. The molecule has 0 aliphatic heterocycles. The summed E-state index contributed by atoms with van der Waals surface area (Å²) in [5.41, 5.74) is 2.39. The first-order valence-electron chi connectivity index (χ1n) is 3.15. The lowest BCUT2D eigenvalue weighted by molar-refractivity contribution is 0.152. The highest BCUT2D eigenvalue weighted by atomic mass is 16.5. The second-order valence-corrected chi connectivity index (χ2v) is 1.60. The predicted molar refractivity (Wildman–Crippen MR) is 37.2 cm³/mol. The highest BCUT2D eigenvalue weighted by Gasteiger charge is 1.95. The molecule has 0 aliphatic rings. The lowest BCUT2D eigenvalue weighted by Crippen LogP contribution is -2.34. The first-order chi connectivity index (χ1) is 4.81. The molecule has 0 aromatic carbocycles. The Hall–Kier alpha value is -0.810. The van der Waals surface area contributed by atoms with Crippen LogP contribution >= 0.6 is 0 Å². The molecular formula is C5H13N3O2. The van der Waals surface area contributed by atoms with Gasteiger partial charge in [0.15, 0.2) is 0 Å². The third kappa shape index (κ3) is 5.33. The highest BCUT2D eigenvalue weighted by Crippen LogP contribution is 1.73. The van der Waals surface area contributed by atoms with Crippen molar-refractivity contribution in [2.24, 2.45) is 5.84 Å². The van der Waals surface area contributed by atoms with Crippen molar-refractivity contribution in [3.63, 3.8) is 0 Å². The Morgan fingerprint density at radius 3 is 2.80 bits per heavy atom. The molecule has 0 spiro atoms. The number of hydrogen-bond acceptors (Lipinski definition) is 4. The van der Waals surface area contributed by atoms with Crippen molar-refractivity contribution in [2.75, 3.05) is 19.7 Å². The topological polar surface area (TPSA) is 76.4 Å². The van der Waals surface area contributed by atoms with Gasteiger partial charge in [0.05, 0.1) is 6.61 Å². The Kier molecular flexibility index (Phi) is 5.80. The number of alkyl carbamates (subject to hydrolysis) is 1. The Morgan fingerprint density at radius 2 is 2.30 bits per heavy atom. The van der Waals surface area contributed by atoms with Crippen molar-refractivity contribution in [2.45, 2.75) is 6.92 Å². The van der Waals surface area contributed by atoms with Gasteiger partial charge in [0.1, 0.15) is 0 Å². The van der Waals surface area contributed by atoms with Crippen LogP contribution in [0.2, 0.25) is 0 Å². The quantitative estimate of drug-likeness (QED) is 0.276. The van der Waals surface area contributed by atoms with Crippen molar-refractivity contribution in [1.29, 1.82) is 0 Å². The van der Waals surface area contributed by atoms with Crippen LogP contribution in [0.25, 0.3) is 0 Å². The SMILES string of the molecule is CCOC(=O)NCCNN. The Bertz CT molecular complexity index is 96.9. The minimum Gasteiger partial charge on any atom is -0.450 e. The van der Waals surface area contributed by atoms with Crippen molar-refractivity contribution >= 4 is 6.09 Å². The van der Waals surface area contributed by atoms with Gasteiger partial charge in [0.2, 0.25) is 0 Å². The molecule has 0 aromatic rings. The molecule has 10 heavy (non-hydrogen) atoms. The molecule has 0 atom stereocenters. The molecule has 5 nitrogen and oxygen atoms in total. The number of carbonyl (C=O) groups excluding carboxylic acids is 1. The van der Waals surface area contributed by atoms with Crippen molar-refractivity contribution in [3.8, 4) is 0 Å². The van der Waals surface area contributed by atoms with Gasteiger partial charge in [-0.1, -0.05) is 0 Å². The van der Waals surface area contributed by atoms with E-state index in [2.05, 4.69) is 15.5 Å². The molecule has 0 saturated carbocycles. The second-order valence-electron chi connectivity index (χ2n) is 1.60. The third-order valence-electron chi connectivity index (χ3n) is 0.814. The molecule has 0 radical (unpaired) electrons. The summed E-state index contributed by atoms with van der Waals surface area (Å²) in [4.78, 5) is 10.5. The zero-order chi connectivity index (χ0) is 7.82. The maximum atomic E-state index is 10.5. The number of amides is 1. The van der Waals surface area contributed by atoms with Gasteiger partial charge in [-0.15, -0.1) is 0 Å². The summed E-state index contributed by atoms with van der Waals surface area (Å²) in [6.07, 6.45) is -0.405. The lowest BCUT2D eigenvalue weighted by Gasteiger charge is -2.03. The molecule has 0 saturated heterocycles.